The smallest absolute Gasteiger partial charge is 0.223 e. The van der Waals surface area contributed by atoms with Crippen molar-refractivity contribution in [3.05, 3.63) is 46.7 Å². The molecule has 1 aliphatic heterocycles. The van der Waals surface area contributed by atoms with Gasteiger partial charge in [0.2, 0.25) is 5.91 Å². The van der Waals surface area contributed by atoms with E-state index in [9.17, 15) is 4.79 Å². The Morgan fingerprint density at radius 2 is 2.04 bits per heavy atom. The highest BCUT2D eigenvalue weighted by molar-refractivity contribution is 7.09. The number of ether oxygens (including phenoxy) is 3. The molecule has 1 saturated heterocycles. The summed E-state index contributed by atoms with van der Waals surface area (Å²) in [4.78, 5) is 16.0. The van der Waals surface area contributed by atoms with Gasteiger partial charge in [-0.1, -0.05) is 18.2 Å². The third-order valence-corrected chi connectivity index (χ3v) is 5.53. The minimum atomic E-state index is 0.158. The summed E-state index contributed by atoms with van der Waals surface area (Å²) >= 11 is 1.69. The van der Waals surface area contributed by atoms with Crippen LogP contribution in [0.25, 0.3) is 0 Å². The predicted octanol–water partition coefficient (Wildman–Crippen LogP) is 4.51. The molecule has 2 aromatic rings. The molecule has 28 heavy (non-hydrogen) atoms. The van der Waals surface area contributed by atoms with Crippen molar-refractivity contribution in [2.75, 3.05) is 26.4 Å². The first-order valence-electron chi connectivity index (χ1n) is 10.0. The van der Waals surface area contributed by atoms with Crippen molar-refractivity contribution in [2.45, 2.75) is 45.3 Å². The molecular weight excluding hydrogens is 374 g/mol. The molecule has 2 heterocycles. The maximum atomic E-state index is 12.8. The van der Waals surface area contributed by atoms with Gasteiger partial charge in [0.1, 0.15) is 0 Å². The van der Waals surface area contributed by atoms with Crippen molar-refractivity contribution in [2.24, 2.45) is 0 Å². The molecule has 1 fully saturated rings. The second-order valence-corrected chi connectivity index (χ2v) is 7.85. The van der Waals surface area contributed by atoms with Gasteiger partial charge in [-0.3, -0.25) is 4.79 Å². The molecule has 1 amide bonds. The van der Waals surface area contributed by atoms with E-state index in [4.69, 9.17) is 14.2 Å². The Hall–Kier alpha value is -2.05. The highest BCUT2D eigenvalue weighted by Crippen LogP contribution is 2.26. The third-order valence-electron chi connectivity index (χ3n) is 4.67. The van der Waals surface area contributed by atoms with Crippen molar-refractivity contribution in [3.63, 3.8) is 0 Å². The monoisotopic (exact) mass is 403 g/mol. The Balaban J connectivity index is 1.48. The Morgan fingerprint density at radius 1 is 1.21 bits per heavy atom. The fourth-order valence-electron chi connectivity index (χ4n) is 3.29. The van der Waals surface area contributed by atoms with Crippen LogP contribution in [0.15, 0.2) is 41.8 Å². The summed E-state index contributed by atoms with van der Waals surface area (Å²) in [6.45, 7) is 5.17. The van der Waals surface area contributed by atoms with E-state index < -0.39 is 0 Å². The normalized spacial score (nSPS) is 16.1. The standard InChI is InChI=1S/C22H29NO4S/c1-2-25-20-10-3-4-11-21(20)27-14-6-12-22(24)23(16-18-8-5-13-26-18)17-19-9-7-15-28-19/h3-4,7,9-11,15,18H,2,5-6,8,12-14,16-17H2,1H3. The van der Waals surface area contributed by atoms with Crippen LogP contribution < -0.4 is 9.47 Å². The van der Waals surface area contributed by atoms with E-state index in [1.807, 2.05) is 47.5 Å². The topological polar surface area (TPSA) is 48.0 Å². The van der Waals surface area contributed by atoms with Crippen molar-refractivity contribution in [1.29, 1.82) is 0 Å². The zero-order valence-electron chi connectivity index (χ0n) is 16.5. The van der Waals surface area contributed by atoms with Crippen molar-refractivity contribution < 1.29 is 19.0 Å². The fraction of sp³-hybridized carbons (Fsp3) is 0.500. The second kappa shape index (κ2) is 11.1. The number of para-hydroxylation sites is 2. The third kappa shape index (κ3) is 6.24. The average Bonchev–Trinajstić information content (AvgIpc) is 3.40. The number of nitrogens with zero attached hydrogens (tertiary/aromatic N) is 1. The molecular formula is C22H29NO4S. The SMILES string of the molecule is CCOc1ccccc1OCCCC(=O)N(Cc1cccs1)CC1CCCO1. The molecule has 1 aromatic carbocycles. The molecule has 6 heteroatoms. The van der Waals surface area contributed by atoms with Gasteiger partial charge < -0.3 is 19.1 Å². The lowest BCUT2D eigenvalue weighted by Gasteiger charge is -2.25. The highest BCUT2D eigenvalue weighted by atomic mass is 32.1. The first kappa shape index (κ1) is 20.7. The Bertz CT molecular complexity index is 713. The van der Waals surface area contributed by atoms with Crippen LogP contribution in [-0.4, -0.2) is 43.3 Å². The molecule has 1 aromatic heterocycles. The van der Waals surface area contributed by atoms with E-state index in [1.54, 1.807) is 11.3 Å². The van der Waals surface area contributed by atoms with E-state index in [2.05, 4.69) is 6.07 Å². The zero-order valence-corrected chi connectivity index (χ0v) is 17.3. The van der Waals surface area contributed by atoms with Crippen molar-refractivity contribution in [1.82, 2.24) is 4.90 Å². The summed E-state index contributed by atoms with van der Waals surface area (Å²) in [6.07, 6.45) is 3.42. The van der Waals surface area contributed by atoms with Gasteiger partial charge in [-0.25, -0.2) is 0 Å². The molecule has 0 N–H and O–H groups in total. The molecule has 0 spiro atoms. The first-order chi connectivity index (χ1) is 13.8. The Kier molecular flexibility index (Phi) is 8.18. The predicted molar refractivity (Wildman–Crippen MR) is 111 cm³/mol. The van der Waals surface area contributed by atoms with Crippen molar-refractivity contribution >= 4 is 17.2 Å². The number of hydrogen-bond acceptors (Lipinski definition) is 5. The van der Waals surface area contributed by atoms with Crippen LogP contribution in [-0.2, 0) is 16.1 Å². The molecule has 1 unspecified atom stereocenters. The van der Waals surface area contributed by atoms with E-state index in [0.29, 0.717) is 39.1 Å². The van der Waals surface area contributed by atoms with E-state index in [1.165, 1.54) is 4.88 Å². The lowest BCUT2D eigenvalue weighted by Crippen LogP contribution is -2.36. The lowest BCUT2D eigenvalue weighted by atomic mass is 10.2. The quantitative estimate of drug-likeness (QED) is 0.518. The number of rotatable bonds is 11. The number of carbonyl (C=O) groups excluding carboxylic acids is 1. The summed E-state index contributed by atoms with van der Waals surface area (Å²) in [7, 11) is 0. The van der Waals surface area contributed by atoms with Gasteiger partial charge in [-0.15, -0.1) is 11.3 Å². The van der Waals surface area contributed by atoms with Gasteiger partial charge in [-0.05, 0) is 49.8 Å². The van der Waals surface area contributed by atoms with Crippen LogP contribution >= 0.6 is 11.3 Å². The van der Waals surface area contributed by atoms with E-state index in [0.717, 1.165) is 30.9 Å². The molecule has 0 bridgehead atoms. The van der Waals surface area contributed by atoms with Gasteiger partial charge in [0.15, 0.2) is 11.5 Å². The highest BCUT2D eigenvalue weighted by Gasteiger charge is 2.22. The van der Waals surface area contributed by atoms with E-state index in [-0.39, 0.29) is 12.0 Å². The maximum Gasteiger partial charge on any atom is 0.223 e. The van der Waals surface area contributed by atoms with Crippen LogP contribution in [0.2, 0.25) is 0 Å². The summed E-state index contributed by atoms with van der Waals surface area (Å²) in [6, 6.07) is 11.7. The zero-order chi connectivity index (χ0) is 19.6. The summed E-state index contributed by atoms with van der Waals surface area (Å²) in [5, 5.41) is 2.05. The maximum absolute atomic E-state index is 12.8. The number of carbonyl (C=O) groups is 1. The fourth-order valence-corrected chi connectivity index (χ4v) is 4.01. The molecule has 5 nitrogen and oxygen atoms in total. The summed E-state index contributed by atoms with van der Waals surface area (Å²) in [5.74, 6) is 1.63. The van der Waals surface area contributed by atoms with Crippen LogP contribution in [0.5, 0.6) is 11.5 Å². The number of amides is 1. The molecule has 0 aliphatic carbocycles. The molecule has 0 radical (unpaired) electrons. The largest absolute Gasteiger partial charge is 0.490 e. The summed E-state index contributed by atoms with van der Waals surface area (Å²) in [5.41, 5.74) is 0. The van der Waals surface area contributed by atoms with Gasteiger partial charge in [0.05, 0.1) is 25.9 Å². The Labute approximate surface area is 171 Å². The first-order valence-corrected chi connectivity index (χ1v) is 10.9. The van der Waals surface area contributed by atoms with Crippen LogP contribution in [0.1, 0.15) is 37.5 Å². The van der Waals surface area contributed by atoms with Crippen LogP contribution in [0.3, 0.4) is 0 Å². The molecule has 3 rings (SSSR count). The Morgan fingerprint density at radius 3 is 2.71 bits per heavy atom. The number of hydrogen-bond donors (Lipinski definition) is 0. The average molecular weight is 404 g/mol. The molecule has 0 saturated carbocycles. The minimum Gasteiger partial charge on any atom is -0.490 e. The van der Waals surface area contributed by atoms with Crippen molar-refractivity contribution in [3.8, 4) is 11.5 Å². The minimum absolute atomic E-state index is 0.158. The number of benzene rings is 1. The van der Waals surface area contributed by atoms with Crippen LogP contribution in [0, 0.1) is 0 Å². The lowest BCUT2D eigenvalue weighted by molar-refractivity contribution is -0.133. The molecule has 1 aliphatic rings. The second-order valence-electron chi connectivity index (χ2n) is 6.82. The van der Waals surface area contributed by atoms with Gasteiger partial charge in [-0.2, -0.15) is 0 Å². The number of thiophene rings is 1. The summed E-state index contributed by atoms with van der Waals surface area (Å²) < 4.78 is 17.2. The molecule has 1 atom stereocenters. The van der Waals surface area contributed by atoms with Gasteiger partial charge in [0.25, 0.3) is 0 Å². The van der Waals surface area contributed by atoms with Gasteiger partial charge >= 0.3 is 0 Å². The molecule has 152 valence electrons. The van der Waals surface area contributed by atoms with E-state index >= 15 is 0 Å². The van der Waals surface area contributed by atoms with Gasteiger partial charge in [0, 0.05) is 24.4 Å². The van der Waals surface area contributed by atoms with Crippen LogP contribution in [0.4, 0.5) is 0 Å².